The van der Waals surface area contributed by atoms with Crippen molar-refractivity contribution >= 4 is 34.9 Å². The van der Waals surface area contributed by atoms with Crippen LogP contribution in [0.2, 0.25) is 0 Å². The molecular weight excluding hydrogens is 248 g/mol. The number of fused-ring (bicyclic) bond motifs is 1. The highest BCUT2D eigenvalue weighted by atomic mass is 32.1. The molecule has 0 fully saturated rings. The van der Waals surface area contributed by atoms with E-state index in [-0.39, 0.29) is 5.91 Å². The first kappa shape index (κ1) is 12.8. The maximum absolute atomic E-state index is 11.7. The predicted octanol–water partition coefficient (Wildman–Crippen LogP) is 4.01. The van der Waals surface area contributed by atoms with Crippen molar-refractivity contribution in [3.8, 4) is 0 Å². The molecule has 0 aliphatic carbocycles. The van der Waals surface area contributed by atoms with E-state index in [0.29, 0.717) is 16.8 Å². The molecule has 1 amide bonds. The Hall–Kier alpha value is -1.62. The van der Waals surface area contributed by atoms with Gasteiger partial charge in [0.15, 0.2) is 5.58 Å². The number of H-pyrrole nitrogens is 1. The number of amides is 1. The predicted molar refractivity (Wildman–Crippen MR) is 74.2 cm³/mol. The summed E-state index contributed by atoms with van der Waals surface area (Å²) in [5, 5.41) is 2.87. The Labute approximate surface area is 110 Å². The molecule has 0 saturated carbocycles. The van der Waals surface area contributed by atoms with Crippen molar-refractivity contribution in [1.82, 2.24) is 4.98 Å². The maximum Gasteiger partial charge on any atom is 0.266 e. The Morgan fingerprint density at radius 1 is 1.44 bits per heavy atom. The van der Waals surface area contributed by atoms with E-state index >= 15 is 0 Å². The van der Waals surface area contributed by atoms with Gasteiger partial charge in [-0.05, 0) is 36.8 Å². The number of aromatic amines is 1. The van der Waals surface area contributed by atoms with Crippen LogP contribution in [0.3, 0.4) is 0 Å². The Morgan fingerprint density at radius 2 is 2.28 bits per heavy atom. The van der Waals surface area contributed by atoms with Crippen molar-refractivity contribution in [2.75, 3.05) is 5.32 Å². The van der Waals surface area contributed by atoms with Crippen LogP contribution >= 0.6 is 12.2 Å². The fraction of sp³-hybridized carbons (Fsp3) is 0.385. The average molecular weight is 264 g/mol. The highest BCUT2D eigenvalue weighted by molar-refractivity contribution is 7.71. The molecule has 0 saturated heterocycles. The van der Waals surface area contributed by atoms with Gasteiger partial charge in [0, 0.05) is 12.1 Å². The number of rotatable bonds is 5. The number of carbonyl (C=O) groups is 1. The van der Waals surface area contributed by atoms with Gasteiger partial charge in [0.2, 0.25) is 5.91 Å². The van der Waals surface area contributed by atoms with Crippen LogP contribution in [0.15, 0.2) is 22.6 Å². The topological polar surface area (TPSA) is 58.0 Å². The Bertz CT molecular complexity index is 600. The molecule has 0 spiro atoms. The first-order chi connectivity index (χ1) is 8.69. The van der Waals surface area contributed by atoms with E-state index in [2.05, 4.69) is 17.2 Å². The van der Waals surface area contributed by atoms with E-state index in [9.17, 15) is 4.79 Å². The van der Waals surface area contributed by atoms with Crippen molar-refractivity contribution in [2.45, 2.75) is 32.6 Å². The smallest absolute Gasteiger partial charge is 0.266 e. The van der Waals surface area contributed by atoms with Gasteiger partial charge < -0.3 is 14.7 Å². The van der Waals surface area contributed by atoms with Crippen LogP contribution in [0.1, 0.15) is 32.6 Å². The number of benzene rings is 1. The number of unbranched alkanes of at least 4 members (excludes halogenated alkanes) is 2. The average Bonchev–Trinajstić information content (AvgIpc) is 2.69. The van der Waals surface area contributed by atoms with E-state index < -0.39 is 0 Å². The largest absolute Gasteiger partial charge is 0.429 e. The number of hydrogen-bond acceptors (Lipinski definition) is 3. The third-order valence-corrected chi connectivity index (χ3v) is 2.90. The molecule has 5 heteroatoms. The number of hydrogen-bond donors (Lipinski definition) is 2. The molecule has 1 aromatic heterocycles. The summed E-state index contributed by atoms with van der Waals surface area (Å²) >= 11 is 4.91. The molecule has 2 aromatic rings. The van der Waals surface area contributed by atoms with Crippen molar-refractivity contribution in [2.24, 2.45) is 0 Å². The second-order valence-corrected chi connectivity index (χ2v) is 4.60. The summed E-state index contributed by atoms with van der Waals surface area (Å²) in [6, 6.07) is 5.43. The van der Waals surface area contributed by atoms with Gasteiger partial charge in [0.25, 0.3) is 4.84 Å². The van der Waals surface area contributed by atoms with Crippen molar-refractivity contribution in [1.29, 1.82) is 0 Å². The van der Waals surface area contributed by atoms with Gasteiger partial charge in [0.05, 0.1) is 5.52 Å². The lowest BCUT2D eigenvalue weighted by atomic mass is 10.2. The number of aromatic nitrogens is 1. The van der Waals surface area contributed by atoms with Crippen LogP contribution < -0.4 is 5.32 Å². The Kier molecular flexibility index (Phi) is 4.15. The normalized spacial score (nSPS) is 10.7. The maximum atomic E-state index is 11.7. The first-order valence-corrected chi connectivity index (χ1v) is 6.52. The molecule has 2 N–H and O–H groups in total. The molecule has 0 bridgehead atoms. The molecule has 0 atom stereocenters. The fourth-order valence-electron chi connectivity index (χ4n) is 1.79. The lowest BCUT2D eigenvalue weighted by Crippen LogP contribution is -2.10. The van der Waals surface area contributed by atoms with Crippen molar-refractivity contribution < 1.29 is 9.21 Å². The lowest BCUT2D eigenvalue weighted by Gasteiger charge is -2.04. The summed E-state index contributed by atoms with van der Waals surface area (Å²) in [6.07, 6.45) is 3.69. The second-order valence-electron chi connectivity index (χ2n) is 4.23. The first-order valence-electron chi connectivity index (χ1n) is 6.12. The standard InChI is InChI=1S/C13H16N2O2S/c1-2-3-4-5-12(16)14-9-6-7-11-10(8-9)15-13(18)17-11/h6-8H,2-5H2,1H3,(H,14,16)(H,15,18). The van der Waals surface area contributed by atoms with E-state index in [0.717, 1.165) is 30.5 Å². The molecular formula is C13H16N2O2S. The van der Waals surface area contributed by atoms with E-state index in [1.807, 2.05) is 12.1 Å². The quantitative estimate of drug-likeness (QED) is 0.633. The number of carbonyl (C=O) groups excluding carboxylic acids is 1. The van der Waals surface area contributed by atoms with Gasteiger partial charge in [0.1, 0.15) is 0 Å². The highest BCUT2D eigenvalue weighted by Crippen LogP contribution is 2.18. The monoisotopic (exact) mass is 264 g/mol. The SMILES string of the molecule is CCCCCC(=O)Nc1ccc2oc(=S)[nH]c2c1. The van der Waals surface area contributed by atoms with Crippen molar-refractivity contribution in [3.63, 3.8) is 0 Å². The summed E-state index contributed by atoms with van der Waals surface area (Å²) in [7, 11) is 0. The van der Waals surface area contributed by atoms with E-state index in [4.69, 9.17) is 16.6 Å². The fourth-order valence-corrected chi connectivity index (χ4v) is 1.99. The Balaban J connectivity index is 2.02. The van der Waals surface area contributed by atoms with Gasteiger partial charge in [-0.1, -0.05) is 19.8 Å². The molecule has 1 heterocycles. The minimum Gasteiger partial charge on any atom is -0.429 e. The second kappa shape index (κ2) is 5.82. The minimum absolute atomic E-state index is 0.0462. The van der Waals surface area contributed by atoms with Gasteiger partial charge in [-0.3, -0.25) is 4.79 Å². The molecule has 0 aliphatic heterocycles. The van der Waals surface area contributed by atoms with Gasteiger partial charge in [-0.15, -0.1) is 0 Å². The van der Waals surface area contributed by atoms with Crippen LogP contribution in [-0.2, 0) is 4.79 Å². The summed E-state index contributed by atoms with van der Waals surface area (Å²) < 4.78 is 5.25. The van der Waals surface area contributed by atoms with Crippen LogP contribution in [0.25, 0.3) is 11.1 Å². The van der Waals surface area contributed by atoms with Crippen LogP contribution in [0.4, 0.5) is 5.69 Å². The van der Waals surface area contributed by atoms with Crippen LogP contribution in [-0.4, -0.2) is 10.9 Å². The highest BCUT2D eigenvalue weighted by Gasteiger charge is 2.04. The molecule has 0 radical (unpaired) electrons. The summed E-state index contributed by atoms with van der Waals surface area (Å²) in [5.41, 5.74) is 2.26. The minimum atomic E-state index is 0.0462. The summed E-state index contributed by atoms with van der Waals surface area (Å²) in [5.74, 6) is 0.0462. The van der Waals surface area contributed by atoms with Crippen LogP contribution in [0, 0.1) is 4.84 Å². The van der Waals surface area contributed by atoms with E-state index in [1.54, 1.807) is 6.07 Å². The third kappa shape index (κ3) is 3.20. The molecule has 96 valence electrons. The number of anilines is 1. The Morgan fingerprint density at radius 3 is 3.06 bits per heavy atom. The molecule has 0 unspecified atom stereocenters. The van der Waals surface area contributed by atoms with Gasteiger partial charge in [-0.25, -0.2) is 0 Å². The zero-order valence-corrected chi connectivity index (χ0v) is 11.1. The third-order valence-electron chi connectivity index (χ3n) is 2.71. The molecule has 2 rings (SSSR count). The summed E-state index contributed by atoms with van der Waals surface area (Å²) in [6.45, 7) is 2.12. The van der Waals surface area contributed by atoms with E-state index in [1.165, 1.54) is 0 Å². The van der Waals surface area contributed by atoms with Crippen LogP contribution in [0.5, 0.6) is 0 Å². The van der Waals surface area contributed by atoms with Crippen molar-refractivity contribution in [3.05, 3.63) is 23.0 Å². The molecule has 4 nitrogen and oxygen atoms in total. The zero-order chi connectivity index (χ0) is 13.0. The molecule has 18 heavy (non-hydrogen) atoms. The number of nitrogens with one attached hydrogen (secondary N) is 2. The zero-order valence-electron chi connectivity index (χ0n) is 10.3. The van der Waals surface area contributed by atoms with Gasteiger partial charge >= 0.3 is 0 Å². The summed E-state index contributed by atoms with van der Waals surface area (Å²) in [4.78, 5) is 14.9. The number of oxazole rings is 1. The molecule has 1 aromatic carbocycles. The van der Waals surface area contributed by atoms with Gasteiger partial charge in [-0.2, -0.15) is 0 Å². The lowest BCUT2D eigenvalue weighted by molar-refractivity contribution is -0.116. The molecule has 0 aliphatic rings.